The van der Waals surface area contributed by atoms with Crippen LogP contribution in [0, 0.1) is 23.7 Å². The van der Waals surface area contributed by atoms with Gasteiger partial charge in [0.25, 0.3) is 5.91 Å². The number of carboxylic acids is 1. The van der Waals surface area contributed by atoms with Crippen LogP contribution >= 0.6 is 0 Å². The molecule has 4 heterocycles. The van der Waals surface area contributed by atoms with E-state index < -0.39 is 52.9 Å². The molecule has 1 saturated heterocycles. The van der Waals surface area contributed by atoms with Crippen LogP contribution in [0.25, 0.3) is 22.2 Å². The summed E-state index contributed by atoms with van der Waals surface area (Å²) in [4.78, 5) is 41.1. The number of hydrogen-bond acceptors (Lipinski definition) is 7. The van der Waals surface area contributed by atoms with Crippen molar-refractivity contribution in [1.29, 1.82) is 0 Å². The molecule has 3 aromatic heterocycles. The number of fused-ring (bicyclic) bond motifs is 3. The third-order valence-corrected chi connectivity index (χ3v) is 12.7. The summed E-state index contributed by atoms with van der Waals surface area (Å²) < 4.78 is 93.5. The Bertz CT molecular complexity index is 2130. The molecule has 3 saturated carbocycles. The molecule has 4 unspecified atom stereocenters. The molecule has 0 radical (unpaired) electrons. The minimum Gasteiger partial charge on any atom is -0.490 e. The molecule has 16 heteroatoms. The lowest BCUT2D eigenvalue weighted by Gasteiger charge is -2.33. The van der Waals surface area contributed by atoms with E-state index in [0.717, 1.165) is 12.5 Å². The van der Waals surface area contributed by atoms with Crippen molar-refractivity contribution in [2.24, 2.45) is 23.7 Å². The van der Waals surface area contributed by atoms with Gasteiger partial charge in [0.1, 0.15) is 17.4 Å². The highest BCUT2D eigenvalue weighted by Crippen LogP contribution is 2.51. The molecular formula is C41H44F6N6O4. The molecule has 4 fully saturated rings. The van der Waals surface area contributed by atoms with Crippen LogP contribution in [0.15, 0.2) is 55.0 Å². The Kier molecular flexibility index (Phi) is 10.1. The first-order valence-electron chi connectivity index (χ1n) is 19.6. The number of carbonyl (C=O) groups excluding carboxylic acids is 1. The number of halogens is 6. The number of rotatable bonds is 8. The number of alkyl halides is 6. The highest BCUT2D eigenvalue weighted by atomic mass is 19.4. The number of benzene rings is 1. The topological polar surface area (TPSA) is 122 Å². The van der Waals surface area contributed by atoms with Crippen LogP contribution in [0.5, 0.6) is 5.75 Å². The van der Waals surface area contributed by atoms with Gasteiger partial charge in [-0.3, -0.25) is 4.79 Å². The van der Waals surface area contributed by atoms with Crippen molar-refractivity contribution in [2.45, 2.75) is 101 Å². The van der Waals surface area contributed by atoms with Crippen LogP contribution in [0.4, 0.5) is 32.3 Å². The lowest BCUT2D eigenvalue weighted by Crippen LogP contribution is -2.57. The number of pyridine rings is 1. The number of ether oxygens (including phenoxy) is 1. The normalized spacial score (nSPS) is 27.1. The van der Waals surface area contributed by atoms with E-state index in [9.17, 15) is 41.0 Å². The Morgan fingerprint density at radius 2 is 1.65 bits per heavy atom. The zero-order chi connectivity index (χ0) is 40.3. The molecule has 8 rings (SSSR count). The second-order valence-electron chi connectivity index (χ2n) is 16.4. The van der Waals surface area contributed by atoms with Gasteiger partial charge in [-0.1, -0.05) is 6.92 Å². The van der Waals surface area contributed by atoms with Crippen molar-refractivity contribution in [3.63, 3.8) is 0 Å². The molecular weight excluding hydrogens is 754 g/mol. The maximum absolute atomic E-state index is 14.8. The fourth-order valence-electron chi connectivity index (χ4n) is 10.00. The Hall–Kier alpha value is -4.89. The number of amides is 1. The molecule has 4 aliphatic rings. The quantitative estimate of drug-likeness (QED) is 0.170. The molecule has 1 aromatic carbocycles. The maximum atomic E-state index is 14.8. The molecule has 1 aliphatic heterocycles. The number of anilines is 1. The van der Waals surface area contributed by atoms with Crippen LogP contribution in [-0.4, -0.2) is 67.4 Å². The van der Waals surface area contributed by atoms with Crippen LogP contribution in [0.3, 0.4) is 0 Å². The second-order valence-corrected chi connectivity index (χ2v) is 16.4. The van der Waals surface area contributed by atoms with Gasteiger partial charge >= 0.3 is 18.3 Å². The van der Waals surface area contributed by atoms with E-state index in [1.807, 2.05) is 11.5 Å². The van der Waals surface area contributed by atoms with Crippen molar-refractivity contribution in [2.75, 3.05) is 18.0 Å². The van der Waals surface area contributed by atoms with Gasteiger partial charge in [-0.2, -0.15) is 26.3 Å². The zero-order valence-corrected chi connectivity index (χ0v) is 31.3. The number of piperidine rings is 1. The van der Waals surface area contributed by atoms with Crippen LogP contribution < -0.4 is 15.0 Å². The zero-order valence-electron chi connectivity index (χ0n) is 31.3. The molecule has 10 nitrogen and oxygen atoms in total. The number of nitrogens with zero attached hydrogens (tertiary/aromatic N) is 5. The number of carbonyl (C=O) groups is 2. The summed E-state index contributed by atoms with van der Waals surface area (Å²) in [5.41, 5.74) is -3.12. The van der Waals surface area contributed by atoms with Gasteiger partial charge in [-0.05, 0) is 99.5 Å². The van der Waals surface area contributed by atoms with Crippen LogP contribution in [0.2, 0.25) is 0 Å². The first-order valence-corrected chi connectivity index (χ1v) is 19.6. The standard InChI is InChI=1S/C41H44F6N6O4/c1-23-17-24-19-26(18-23)39(21-24,37(55)56)51-36(54)31-9-10-33(50-35(31)41(45,46)47)32-22-53(27-5-3-25(4-6-27)40(42,43)44)34-20-29(7-8-30(32)34)57-28-11-15-52(16-12-28)38-48-13-2-14-49-38/h2,7-10,13-14,20,22-28H,3-6,11-12,15-19,21H2,1H3,(H,51,54)(H,55,56)/t23?,24?,25-,26?,27+,39?. The van der Waals surface area contributed by atoms with Crippen molar-refractivity contribution in [1.82, 2.24) is 24.8 Å². The predicted molar refractivity (Wildman–Crippen MR) is 198 cm³/mol. The van der Waals surface area contributed by atoms with Crippen LogP contribution in [0.1, 0.15) is 93.2 Å². The first-order chi connectivity index (χ1) is 27.1. The summed E-state index contributed by atoms with van der Waals surface area (Å²) in [6.07, 6.45) is -0.844. The van der Waals surface area contributed by atoms with E-state index in [-0.39, 0.29) is 61.8 Å². The lowest BCUT2D eigenvalue weighted by molar-refractivity contribution is -0.183. The van der Waals surface area contributed by atoms with E-state index in [1.165, 1.54) is 6.07 Å². The Balaban J connectivity index is 1.11. The minimum absolute atomic E-state index is 0.0484. The average molecular weight is 799 g/mol. The third-order valence-electron chi connectivity index (χ3n) is 12.7. The van der Waals surface area contributed by atoms with Crippen molar-refractivity contribution in [3.8, 4) is 17.0 Å². The van der Waals surface area contributed by atoms with Gasteiger partial charge in [0.05, 0.1) is 22.7 Å². The van der Waals surface area contributed by atoms with Gasteiger partial charge in [0.15, 0.2) is 5.69 Å². The van der Waals surface area contributed by atoms with E-state index in [4.69, 9.17) is 4.74 Å². The fraction of sp³-hybridized carbons (Fsp3) is 0.537. The molecule has 0 spiro atoms. The van der Waals surface area contributed by atoms with E-state index in [2.05, 4.69) is 25.2 Å². The number of aromatic nitrogens is 4. The largest absolute Gasteiger partial charge is 0.490 e. The van der Waals surface area contributed by atoms with Crippen LogP contribution in [-0.2, 0) is 11.0 Å². The predicted octanol–water partition coefficient (Wildman–Crippen LogP) is 8.86. The lowest BCUT2D eigenvalue weighted by atomic mass is 9.78. The monoisotopic (exact) mass is 798 g/mol. The summed E-state index contributed by atoms with van der Waals surface area (Å²) in [5, 5.41) is 13.4. The number of carboxylic acid groups (broad SMARTS) is 1. The summed E-state index contributed by atoms with van der Waals surface area (Å²) in [5.74, 6) is -2.82. The van der Waals surface area contributed by atoms with Crippen molar-refractivity contribution < 1.29 is 45.8 Å². The molecule has 2 bridgehead atoms. The summed E-state index contributed by atoms with van der Waals surface area (Å²) >= 11 is 0. The number of aliphatic carboxylic acids is 1. The summed E-state index contributed by atoms with van der Waals surface area (Å²) in [6.45, 7) is 3.34. The average Bonchev–Trinajstić information content (AvgIpc) is 3.68. The minimum atomic E-state index is -5.07. The van der Waals surface area contributed by atoms with Gasteiger partial charge in [-0.15, -0.1) is 0 Å². The summed E-state index contributed by atoms with van der Waals surface area (Å²) in [6, 6.07) is 8.94. The molecule has 57 heavy (non-hydrogen) atoms. The van der Waals surface area contributed by atoms with Gasteiger partial charge < -0.3 is 24.6 Å². The van der Waals surface area contributed by atoms with Gasteiger partial charge in [-0.25, -0.2) is 19.7 Å². The van der Waals surface area contributed by atoms with E-state index in [0.29, 0.717) is 66.9 Å². The van der Waals surface area contributed by atoms with E-state index >= 15 is 0 Å². The highest BCUT2D eigenvalue weighted by molar-refractivity contribution is 6.00. The first kappa shape index (κ1) is 39.0. The Labute approximate surface area is 325 Å². The fourth-order valence-corrected chi connectivity index (χ4v) is 10.00. The smallest absolute Gasteiger partial charge is 0.434 e. The number of hydrogen-bond donors (Lipinski definition) is 2. The molecule has 2 N–H and O–H groups in total. The molecule has 304 valence electrons. The molecule has 1 amide bonds. The van der Waals surface area contributed by atoms with Gasteiger partial charge in [0, 0.05) is 67.6 Å². The van der Waals surface area contributed by atoms with Gasteiger partial charge in [0.2, 0.25) is 5.95 Å². The second kappa shape index (κ2) is 14.8. The Morgan fingerprint density at radius 3 is 2.32 bits per heavy atom. The summed E-state index contributed by atoms with van der Waals surface area (Å²) in [7, 11) is 0. The van der Waals surface area contributed by atoms with Crippen molar-refractivity contribution >= 4 is 28.7 Å². The molecule has 3 aliphatic carbocycles. The molecule has 4 atom stereocenters. The number of nitrogens with one attached hydrogen (secondary N) is 1. The third kappa shape index (κ3) is 7.63. The highest BCUT2D eigenvalue weighted by Gasteiger charge is 2.56. The maximum Gasteiger partial charge on any atom is 0.434 e. The van der Waals surface area contributed by atoms with Crippen molar-refractivity contribution in [3.05, 3.63) is 66.2 Å². The molecule has 4 aromatic rings. The Morgan fingerprint density at radius 1 is 0.930 bits per heavy atom. The SMILES string of the molecule is CC1CC2CC(C1)C(NC(=O)c1ccc(-c3cn([C@H]4CC[C@@H](C(F)(F)F)CC4)c4cc(OC5CCN(c6ncccn6)CC5)ccc34)nc1C(F)(F)F)(C(=O)O)C2. The van der Waals surface area contributed by atoms with E-state index in [1.54, 1.807) is 42.9 Å².